The van der Waals surface area contributed by atoms with Gasteiger partial charge in [-0.05, 0) is 18.2 Å². The predicted molar refractivity (Wildman–Crippen MR) is 118 cm³/mol. The SMILES string of the molecule is NC(=O)C1(c2ccccc2N)NC2=C(CN(C(=O)Nc3cccc(OC(F)F)c3)CC2)S1. The van der Waals surface area contributed by atoms with Gasteiger partial charge in [0.1, 0.15) is 5.75 Å². The molecule has 0 bridgehead atoms. The van der Waals surface area contributed by atoms with E-state index in [1.54, 1.807) is 35.2 Å². The number of nitrogens with zero attached hydrogens (tertiary/aromatic N) is 1. The molecule has 0 aromatic heterocycles. The molecule has 0 spiro atoms. The zero-order valence-corrected chi connectivity index (χ0v) is 17.6. The Bertz CT molecular complexity index is 1100. The highest BCUT2D eigenvalue weighted by Gasteiger charge is 2.48. The summed E-state index contributed by atoms with van der Waals surface area (Å²) in [5.74, 6) is -0.634. The van der Waals surface area contributed by atoms with Crippen LogP contribution in [0.5, 0.6) is 5.75 Å². The number of nitrogens with one attached hydrogen (secondary N) is 2. The van der Waals surface area contributed by atoms with Crippen molar-refractivity contribution >= 4 is 35.1 Å². The van der Waals surface area contributed by atoms with Crippen LogP contribution < -0.4 is 26.8 Å². The van der Waals surface area contributed by atoms with Crippen molar-refractivity contribution in [3.05, 3.63) is 64.7 Å². The molecular formula is C21H21F2N5O3S. The van der Waals surface area contributed by atoms with Gasteiger partial charge in [-0.25, -0.2) is 4.79 Å². The number of nitrogen functional groups attached to an aromatic ring is 1. The summed E-state index contributed by atoms with van der Waals surface area (Å²) in [6.45, 7) is -2.30. The summed E-state index contributed by atoms with van der Waals surface area (Å²) in [4.78, 5) is 26.4. The molecule has 2 aliphatic rings. The molecule has 0 saturated carbocycles. The summed E-state index contributed by atoms with van der Waals surface area (Å²) in [5.41, 5.74) is 14.0. The highest BCUT2D eigenvalue weighted by Crippen LogP contribution is 2.49. The minimum atomic E-state index is -2.95. The Labute approximate surface area is 187 Å². The van der Waals surface area contributed by atoms with E-state index >= 15 is 0 Å². The first kappa shape index (κ1) is 21.8. The molecule has 8 nitrogen and oxygen atoms in total. The maximum atomic E-state index is 12.8. The van der Waals surface area contributed by atoms with Crippen LogP contribution in [0.2, 0.25) is 0 Å². The molecule has 6 N–H and O–H groups in total. The first-order valence-electron chi connectivity index (χ1n) is 9.73. The number of halogens is 2. The van der Waals surface area contributed by atoms with Gasteiger partial charge in [-0.3, -0.25) is 4.79 Å². The molecule has 1 atom stereocenters. The average molecular weight is 461 g/mol. The van der Waals surface area contributed by atoms with Crippen molar-refractivity contribution in [2.24, 2.45) is 5.73 Å². The summed E-state index contributed by atoms with van der Waals surface area (Å²) >= 11 is 1.24. The van der Waals surface area contributed by atoms with Crippen LogP contribution in [-0.4, -0.2) is 36.5 Å². The van der Waals surface area contributed by atoms with E-state index in [1.807, 2.05) is 0 Å². The van der Waals surface area contributed by atoms with Crippen LogP contribution in [0.4, 0.5) is 25.0 Å². The monoisotopic (exact) mass is 461 g/mol. The molecular weight excluding hydrogens is 440 g/mol. The molecule has 32 heavy (non-hydrogen) atoms. The Morgan fingerprint density at radius 2 is 2.00 bits per heavy atom. The van der Waals surface area contributed by atoms with Crippen molar-refractivity contribution in [1.29, 1.82) is 0 Å². The number of ether oxygens (including phenoxy) is 1. The number of carbonyl (C=O) groups is 2. The minimum absolute atomic E-state index is 0.0521. The van der Waals surface area contributed by atoms with Crippen molar-refractivity contribution in [3.8, 4) is 5.75 Å². The third-order valence-electron chi connectivity index (χ3n) is 5.19. The molecule has 168 valence electrons. The van der Waals surface area contributed by atoms with Gasteiger partial charge in [-0.2, -0.15) is 8.78 Å². The second-order valence-corrected chi connectivity index (χ2v) is 8.58. The third-order valence-corrected chi connectivity index (χ3v) is 6.64. The summed E-state index contributed by atoms with van der Waals surface area (Å²) < 4.78 is 29.2. The quantitative estimate of drug-likeness (QED) is 0.508. The Morgan fingerprint density at radius 1 is 1.22 bits per heavy atom. The summed E-state index contributed by atoms with van der Waals surface area (Å²) in [7, 11) is 0. The van der Waals surface area contributed by atoms with Crippen LogP contribution >= 0.6 is 11.8 Å². The molecule has 1 unspecified atom stereocenters. The number of alkyl halides is 2. The van der Waals surface area contributed by atoms with Gasteiger partial charge in [0.15, 0.2) is 4.87 Å². The molecule has 0 radical (unpaired) electrons. The van der Waals surface area contributed by atoms with Gasteiger partial charge in [0, 0.05) is 46.6 Å². The zero-order valence-electron chi connectivity index (χ0n) is 16.8. The first-order valence-corrected chi connectivity index (χ1v) is 10.5. The van der Waals surface area contributed by atoms with Crippen LogP contribution in [0, 0.1) is 0 Å². The number of hydrogen-bond acceptors (Lipinski definition) is 6. The topological polar surface area (TPSA) is 123 Å². The summed E-state index contributed by atoms with van der Waals surface area (Å²) in [6, 6.07) is 12.4. The Kier molecular flexibility index (Phi) is 5.83. The lowest BCUT2D eigenvalue weighted by molar-refractivity contribution is -0.121. The van der Waals surface area contributed by atoms with E-state index in [4.69, 9.17) is 11.5 Å². The molecule has 2 heterocycles. The lowest BCUT2D eigenvalue weighted by atomic mass is 10.0. The van der Waals surface area contributed by atoms with Crippen molar-refractivity contribution in [2.75, 3.05) is 24.1 Å². The predicted octanol–water partition coefficient (Wildman–Crippen LogP) is 2.99. The first-order chi connectivity index (χ1) is 15.3. The van der Waals surface area contributed by atoms with Gasteiger partial charge in [0.05, 0.1) is 6.54 Å². The molecule has 2 aliphatic heterocycles. The van der Waals surface area contributed by atoms with Crippen molar-refractivity contribution in [3.63, 3.8) is 0 Å². The molecule has 11 heteroatoms. The minimum Gasteiger partial charge on any atom is -0.435 e. The van der Waals surface area contributed by atoms with E-state index < -0.39 is 23.4 Å². The standard InChI is InChI=1S/C21H21F2N5O3S/c22-19(23)31-13-5-3-4-12(10-13)26-20(30)28-9-8-16-17(11-28)32-21(27-16,18(25)29)14-6-1-2-7-15(14)24/h1-7,10,19,27H,8-9,11,24H2,(H2,25,29)(H,26,30). The van der Waals surface area contributed by atoms with E-state index in [0.29, 0.717) is 29.9 Å². The summed E-state index contributed by atoms with van der Waals surface area (Å²) in [6.07, 6.45) is 0.492. The summed E-state index contributed by atoms with van der Waals surface area (Å²) in [5, 5.41) is 5.93. The normalized spacial score (nSPS) is 20.0. The van der Waals surface area contributed by atoms with E-state index in [9.17, 15) is 18.4 Å². The molecule has 4 rings (SSSR count). The molecule has 3 amide bonds. The van der Waals surface area contributed by atoms with Crippen LogP contribution in [0.25, 0.3) is 0 Å². The van der Waals surface area contributed by atoms with E-state index in [1.165, 1.54) is 30.0 Å². The second-order valence-electron chi connectivity index (χ2n) is 7.27. The number of thioether (sulfide) groups is 1. The lowest BCUT2D eigenvalue weighted by Crippen LogP contribution is -2.47. The number of nitrogens with two attached hydrogens (primary N) is 2. The van der Waals surface area contributed by atoms with Crippen LogP contribution in [0.15, 0.2) is 59.1 Å². The number of carbonyl (C=O) groups excluding carboxylic acids is 2. The molecule has 2 aromatic rings. The number of para-hydroxylation sites is 1. The van der Waals surface area contributed by atoms with Crippen LogP contribution in [0.3, 0.4) is 0 Å². The number of hydrogen-bond donors (Lipinski definition) is 4. The van der Waals surface area contributed by atoms with Crippen LogP contribution in [-0.2, 0) is 9.67 Å². The Balaban J connectivity index is 1.48. The van der Waals surface area contributed by atoms with Crippen molar-refractivity contribution < 1.29 is 23.1 Å². The Hall–Kier alpha value is -3.47. The van der Waals surface area contributed by atoms with E-state index in [2.05, 4.69) is 15.4 Å². The van der Waals surface area contributed by atoms with Crippen molar-refractivity contribution in [2.45, 2.75) is 17.9 Å². The largest absolute Gasteiger partial charge is 0.435 e. The second kappa shape index (κ2) is 8.58. The number of benzene rings is 2. The molecule has 2 aromatic carbocycles. The fourth-order valence-electron chi connectivity index (χ4n) is 3.69. The van der Waals surface area contributed by atoms with E-state index in [-0.39, 0.29) is 12.3 Å². The van der Waals surface area contributed by atoms with Gasteiger partial charge in [0.2, 0.25) is 0 Å². The van der Waals surface area contributed by atoms with Crippen LogP contribution in [0.1, 0.15) is 12.0 Å². The van der Waals surface area contributed by atoms with Gasteiger partial charge in [0.25, 0.3) is 5.91 Å². The zero-order chi connectivity index (χ0) is 22.9. The Morgan fingerprint density at radius 3 is 2.72 bits per heavy atom. The fraction of sp³-hybridized carbons (Fsp3) is 0.238. The van der Waals surface area contributed by atoms with E-state index in [0.717, 1.165) is 10.6 Å². The smallest absolute Gasteiger partial charge is 0.387 e. The number of rotatable bonds is 5. The van der Waals surface area contributed by atoms with Gasteiger partial charge in [-0.1, -0.05) is 36.0 Å². The van der Waals surface area contributed by atoms with Gasteiger partial charge >= 0.3 is 12.6 Å². The van der Waals surface area contributed by atoms with Gasteiger partial charge in [-0.15, -0.1) is 0 Å². The maximum absolute atomic E-state index is 12.8. The molecule has 0 fully saturated rings. The van der Waals surface area contributed by atoms with Crippen molar-refractivity contribution in [1.82, 2.24) is 10.2 Å². The molecule has 0 saturated heterocycles. The lowest BCUT2D eigenvalue weighted by Gasteiger charge is -2.28. The maximum Gasteiger partial charge on any atom is 0.387 e. The third kappa shape index (κ3) is 4.15. The number of urea groups is 1. The fourth-order valence-corrected chi connectivity index (χ4v) is 5.13. The highest BCUT2D eigenvalue weighted by atomic mass is 32.2. The van der Waals surface area contributed by atoms with Gasteiger partial charge < -0.3 is 31.7 Å². The number of anilines is 2. The highest BCUT2D eigenvalue weighted by molar-refractivity contribution is 8.05. The number of amides is 3. The average Bonchev–Trinajstić information content (AvgIpc) is 3.14. The molecule has 0 aliphatic carbocycles. The number of primary amides is 1.